The molecule has 1 unspecified atom stereocenters. The van der Waals surface area contributed by atoms with Crippen LogP contribution in [0.2, 0.25) is 0 Å². The van der Waals surface area contributed by atoms with Crippen LogP contribution in [-0.4, -0.2) is 6.04 Å². The summed E-state index contributed by atoms with van der Waals surface area (Å²) in [6, 6.07) is 10.4. The molecule has 4 heteroatoms. The van der Waals surface area contributed by atoms with E-state index in [1.807, 2.05) is 6.92 Å². The van der Waals surface area contributed by atoms with E-state index in [2.05, 4.69) is 0 Å². The van der Waals surface area contributed by atoms with Crippen LogP contribution in [0.15, 0.2) is 42.5 Å². The maximum Gasteiger partial charge on any atom is 0.165 e. The number of halogens is 2. The van der Waals surface area contributed by atoms with Gasteiger partial charge < -0.3 is 10.5 Å². The molecule has 0 fully saturated rings. The van der Waals surface area contributed by atoms with Crippen LogP contribution < -0.4 is 10.5 Å². The monoisotopic (exact) mass is 277 g/mol. The van der Waals surface area contributed by atoms with Crippen LogP contribution in [-0.2, 0) is 6.42 Å². The standard InChI is InChI=1S/C16H17F2NO/c1-2-11(19)10-12-13(17)7-5-9-15(12)20-16-8-4-3-6-14(16)18/h3-9,11H,2,10,19H2,1H3. The van der Waals surface area contributed by atoms with Crippen LogP contribution in [0.1, 0.15) is 18.9 Å². The Labute approximate surface area is 117 Å². The minimum Gasteiger partial charge on any atom is -0.454 e. The van der Waals surface area contributed by atoms with Gasteiger partial charge in [-0.25, -0.2) is 8.78 Å². The van der Waals surface area contributed by atoms with Gasteiger partial charge in [0.2, 0.25) is 0 Å². The molecule has 2 nitrogen and oxygen atoms in total. The summed E-state index contributed by atoms with van der Waals surface area (Å²) >= 11 is 0. The number of hydrogen-bond acceptors (Lipinski definition) is 2. The molecule has 0 spiro atoms. The average molecular weight is 277 g/mol. The highest BCUT2D eigenvalue weighted by atomic mass is 19.1. The molecule has 0 radical (unpaired) electrons. The predicted octanol–water partition coefficient (Wildman–Crippen LogP) is 4.04. The molecule has 0 aromatic heterocycles. The molecule has 106 valence electrons. The van der Waals surface area contributed by atoms with Crippen molar-refractivity contribution in [3.05, 3.63) is 59.7 Å². The Morgan fingerprint density at radius 1 is 1.00 bits per heavy atom. The van der Waals surface area contributed by atoms with Crippen molar-refractivity contribution < 1.29 is 13.5 Å². The normalized spacial score (nSPS) is 12.2. The maximum absolute atomic E-state index is 13.9. The van der Waals surface area contributed by atoms with E-state index >= 15 is 0 Å². The number of nitrogens with two attached hydrogens (primary N) is 1. The zero-order valence-electron chi connectivity index (χ0n) is 11.3. The van der Waals surface area contributed by atoms with Gasteiger partial charge >= 0.3 is 0 Å². The third-order valence-electron chi connectivity index (χ3n) is 3.12. The molecular weight excluding hydrogens is 260 g/mol. The largest absolute Gasteiger partial charge is 0.454 e. The van der Waals surface area contributed by atoms with E-state index in [1.54, 1.807) is 18.2 Å². The van der Waals surface area contributed by atoms with Crippen molar-refractivity contribution in [3.8, 4) is 11.5 Å². The lowest BCUT2D eigenvalue weighted by Crippen LogP contribution is -2.22. The molecule has 2 aromatic rings. The third kappa shape index (κ3) is 3.33. The Morgan fingerprint density at radius 2 is 1.65 bits per heavy atom. The molecule has 0 saturated heterocycles. The van der Waals surface area contributed by atoms with E-state index in [0.29, 0.717) is 17.7 Å². The van der Waals surface area contributed by atoms with Crippen LogP contribution in [0.25, 0.3) is 0 Å². The van der Waals surface area contributed by atoms with Gasteiger partial charge in [0, 0.05) is 11.6 Å². The van der Waals surface area contributed by atoms with E-state index in [-0.39, 0.29) is 17.6 Å². The Kier molecular flexibility index (Phi) is 4.69. The molecule has 2 N–H and O–H groups in total. The Morgan fingerprint density at radius 3 is 2.35 bits per heavy atom. The Balaban J connectivity index is 2.32. The van der Waals surface area contributed by atoms with Gasteiger partial charge in [-0.2, -0.15) is 0 Å². The quantitative estimate of drug-likeness (QED) is 0.895. The van der Waals surface area contributed by atoms with Crippen LogP contribution in [0, 0.1) is 11.6 Å². The minimum absolute atomic E-state index is 0.0735. The van der Waals surface area contributed by atoms with E-state index in [9.17, 15) is 8.78 Å². The summed E-state index contributed by atoms with van der Waals surface area (Å²) in [6.07, 6.45) is 1.08. The lowest BCUT2D eigenvalue weighted by Gasteiger charge is -2.15. The lowest BCUT2D eigenvalue weighted by molar-refractivity contribution is 0.429. The van der Waals surface area contributed by atoms with Crippen molar-refractivity contribution in [1.82, 2.24) is 0 Å². The predicted molar refractivity (Wildman–Crippen MR) is 74.8 cm³/mol. The summed E-state index contributed by atoms with van der Waals surface area (Å²) in [4.78, 5) is 0. The summed E-state index contributed by atoms with van der Waals surface area (Å²) < 4.78 is 33.0. The first kappa shape index (κ1) is 14.5. The molecule has 20 heavy (non-hydrogen) atoms. The molecule has 0 amide bonds. The summed E-state index contributed by atoms with van der Waals surface area (Å²) in [7, 11) is 0. The third-order valence-corrected chi connectivity index (χ3v) is 3.12. The highest BCUT2D eigenvalue weighted by Crippen LogP contribution is 2.29. The Hall–Kier alpha value is -1.94. The summed E-state index contributed by atoms with van der Waals surface area (Å²) in [5, 5.41) is 0. The number of para-hydroxylation sites is 1. The van der Waals surface area contributed by atoms with Crippen LogP contribution in [0.3, 0.4) is 0 Å². The zero-order valence-corrected chi connectivity index (χ0v) is 11.3. The number of hydrogen-bond donors (Lipinski definition) is 1. The van der Waals surface area contributed by atoms with Crippen molar-refractivity contribution in [2.45, 2.75) is 25.8 Å². The van der Waals surface area contributed by atoms with Crippen molar-refractivity contribution in [2.24, 2.45) is 5.73 Å². The van der Waals surface area contributed by atoms with Crippen LogP contribution >= 0.6 is 0 Å². The fraction of sp³-hybridized carbons (Fsp3) is 0.250. The fourth-order valence-electron chi connectivity index (χ4n) is 1.89. The first-order chi connectivity index (χ1) is 9.61. The lowest BCUT2D eigenvalue weighted by atomic mass is 10.0. The van der Waals surface area contributed by atoms with E-state index in [1.165, 1.54) is 24.3 Å². The van der Waals surface area contributed by atoms with E-state index in [4.69, 9.17) is 10.5 Å². The van der Waals surface area contributed by atoms with Gasteiger partial charge in [0.15, 0.2) is 11.6 Å². The second-order valence-electron chi connectivity index (χ2n) is 4.62. The van der Waals surface area contributed by atoms with Gasteiger partial charge in [0.1, 0.15) is 11.6 Å². The molecule has 1 atom stereocenters. The van der Waals surface area contributed by atoms with Gasteiger partial charge in [-0.1, -0.05) is 25.1 Å². The molecule has 0 bridgehead atoms. The number of ether oxygens (including phenoxy) is 1. The average Bonchev–Trinajstić information content (AvgIpc) is 2.44. The van der Waals surface area contributed by atoms with Crippen LogP contribution in [0.4, 0.5) is 8.78 Å². The molecule has 2 aromatic carbocycles. The Bertz CT molecular complexity index is 586. The smallest absolute Gasteiger partial charge is 0.165 e. The number of benzene rings is 2. The molecule has 2 rings (SSSR count). The fourth-order valence-corrected chi connectivity index (χ4v) is 1.89. The van der Waals surface area contributed by atoms with Gasteiger partial charge in [0.05, 0.1) is 0 Å². The summed E-state index contributed by atoms with van der Waals surface area (Å²) in [6.45, 7) is 1.93. The highest BCUT2D eigenvalue weighted by Gasteiger charge is 2.14. The van der Waals surface area contributed by atoms with E-state index < -0.39 is 5.82 Å². The first-order valence-electron chi connectivity index (χ1n) is 6.57. The second kappa shape index (κ2) is 6.48. The van der Waals surface area contributed by atoms with Crippen molar-refractivity contribution in [1.29, 1.82) is 0 Å². The molecule has 0 aliphatic carbocycles. The van der Waals surface area contributed by atoms with Gasteiger partial charge in [0.25, 0.3) is 0 Å². The van der Waals surface area contributed by atoms with Crippen molar-refractivity contribution in [2.75, 3.05) is 0 Å². The summed E-state index contributed by atoms with van der Waals surface area (Å²) in [5.41, 5.74) is 6.25. The number of rotatable bonds is 5. The minimum atomic E-state index is -0.484. The van der Waals surface area contributed by atoms with Gasteiger partial charge in [-0.05, 0) is 37.1 Å². The van der Waals surface area contributed by atoms with Crippen LogP contribution in [0.5, 0.6) is 11.5 Å². The highest BCUT2D eigenvalue weighted by molar-refractivity contribution is 5.39. The van der Waals surface area contributed by atoms with Gasteiger partial charge in [-0.15, -0.1) is 0 Å². The molecule has 0 saturated carbocycles. The van der Waals surface area contributed by atoms with Crippen molar-refractivity contribution in [3.63, 3.8) is 0 Å². The molecule has 0 aliphatic rings. The second-order valence-corrected chi connectivity index (χ2v) is 4.62. The molecular formula is C16H17F2NO. The van der Waals surface area contributed by atoms with Crippen molar-refractivity contribution >= 4 is 0 Å². The van der Waals surface area contributed by atoms with Gasteiger partial charge in [-0.3, -0.25) is 0 Å². The molecule has 0 aliphatic heterocycles. The first-order valence-corrected chi connectivity index (χ1v) is 6.57. The molecule has 0 heterocycles. The summed E-state index contributed by atoms with van der Waals surface area (Å²) in [5.74, 6) is -0.492. The topological polar surface area (TPSA) is 35.2 Å². The SMILES string of the molecule is CCC(N)Cc1c(F)cccc1Oc1ccccc1F. The van der Waals surface area contributed by atoms with E-state index in [0.717, 1.165) is 6.42 Å². The zero-order chi connectivity index (χ0) is 14.5. The maximum atomic E-state index is 13.9.